The summed E-state index contributed by atoms with van der Waals surface area (Å²) in [5.41, 5.74) is 2.69. The average molecular weight is 543 g/mol. The molecule has 9 nitrogen and oxygen atoms in total. The molecule has 1 amide bonds. The fourth-order valence-electron chi connectivity index (χ4n) is 4.26. The molecule has 0 radical (unpaired) electrons. The van der Waals surface area contributed by atoms with Crippen molar-refractivity contribution in [1.29, 1.82) is 0 Å². The van der Waals surface area contributed by atoms with Crippen molar-refractivity contribution >= 4 is 56.7 Å². The molecule has 1 fully saturated rings. The van der Waals surface area contributed by atoms with Gasteiger partial charge in [0.1, 0.15) is 5.01 Å². The molecule has 188 valence electrons. The first-order chi connectivity index (χ1) is 17.2. The first-order valence-electron chi connectivity index (χ1n) is 11.5. The van der Waals surface area contributed by atoms with Crippen molar-refractivity contribution in [2.45, 2.75) is 25.3 Å². The average Bonchev–Trinajstić information content (AvgIpc) is 3.51. The topological polar surface area (TPSA) is 102 Å². The van der Waals surface area contributed by atoms with Gasteiger partial charge in [-0.05, 0) is 49.6 Å². The molecule has 36 heavy (non-hydrogen) atoms. The first kappa shape index (κ1) is 24.8. The van der Waals surface area contributed by atoms with Gasteiger partial charge in [0, 0.05) is 38.5 Å². The summed E-state index contributed by atoms with van der Waals surface area (Å²) in [5.74, 6) is 0.109. The highest BCUT2D eigenvalue weighted by atomic mass is 32.3. The second-order valence-electron chi connectivity index (χ2n) is 8.77. The summed E-state index contributed by atoms with van der Waals surface area (Å²) in [5, 5.41) is 11.2. The van der Waals surface area contributed by atoms with E-state index in [2.05, 4.69) is 32.9 Å². The molecular formula is C24H26N6O3S3. The van der Waals surface area contributed by atoms with Gasteiger partial charge in [-0.2, -0.15) is 0 Å². The highest BCUT2D eigenvalue weighted by Crippen LogP contribution is 2.35. The summed E-state index contributed by atoms with van der Waals surface area (Å²) in [6, 6.07) is 14.1. The number of anilines is 1. The van der Waals surface area contributed by atoms with Gasteiger partial charge >= 0.3 is 0 Å². The molecule has 5 rings (SSSR count). The zero-order valence-corrected chi connectivity index (χ0v) is 22.4. The second-order valence-corrected chi connectivity index (χ2v) is 12.3. The lowest BCUT2D eigenvalue weighted by Gasteiger charge is -2.33. The molecule has 0 atom stereocenters. The van der Waals surface area contributed by atoms with E-state index >= 15 is 0 Å². The van der Waals surface area contributed by atoms with Gasteiger partial charge in [-0.1, -0.05) is 35.6 Å². The number of benzene rings is 2. The molecular weight excluding hydrogens is 517 g/mol. The van der Waals surface area contributed by atoms with Crippen LogP contribution in [0.2, 0.25) is 0 Å². The van der Waals surface area contributed by atoms with E-state index in [1.54, 1.807) is 37.3 Å². The lowest BCUT2D eigenvalue weighted by Crippen LogP contribution is -2.47. The number of hydrogen-bond acceptors (Lipinski definition) is 8. The summed E-state index contributed by atoms with van der Waals surface area (Å²) in [6.07, 6.45) is 0. The molecule has 0 unspecified atom stereocenters. The van der Waals surface area contributed by atoms with Gasteiger partial charge in [-0.15, -0.1) is 10.2 Å². The Hall–Kier alpha value is -2.93. The molecule has 4 aromatic rings. The number of aromatic nitrogens is 3. The molecule has 3 heterocycles. The van der Waals surface area contributed by atoms with Crippen molar-refractivity contribution in [1.82, 2.24) is 25.0 Å². The third kappa shape index (κ3) is 4.85. The van der Waals surface area contributed by atoms with E-state index in [1.165, 1.54) is 11.3 Å². The minimum atomic E-state index is -3.86. The quantitative estimate of drug-likeness (QED) is 0.360. The molecule has 2 aromatic heterocycles. The molecule has 0 saturated carbocycles. The predicted octanol–water partition coefficient (Wildman–Crippen LogP) is 3.70. The Bertz CT molecular complexity index is 1520. The number of aromatic amines is 1. The van der Waals surface area contributed by atoms with E-state index in [9.17, 15) is 13.2 Å². The SMILES string of the molecule is CC(=O)N1CCN(Cc2nnc(-c3cc4cccc(N(S)S(=O)(=O)c5cccc(C)c5)c4[nH]3)s2)CC1. The molecule has 1 N–H and O–H groups in total. The largest absolute Gasteiger partial charge is 0.351 e. The zero-order chi connectivity index (χ0) is 25.4. The maximum atomic E-state index is 13.2. The molecule has 1 aliphatic rings. The predicted molar refractivity (Wildman–Crippen MR) is 145 cm³/mol. The zero-order valence-electron chi connectivity index (χ0n) is 19.9. The van der Waals surface area contributed by atoms with Crippen molar-refractivity contribution in [2.24, 2.45) is 0 Å². The van der Waals surface area contributed by atoms with Crippen LogP contribution < -0.4 is 3.71 Å². The molecule has 1 aliphatic heterocycles. The number of amides is 1. The third-order valence-corrected chi connectivity index (χ3v) is 9.53. The van der Waals surface area contributed by atoms with Gasteiger partial charge in [0.25, 0.3) is 10.0 Å². The Morgan fingerprint density at radius 3 is 2.58 bits per heavy atom. The molecule has 1 saturated heterocycles. The highest BCUT2D eigenvalue weighted by Gasteiger charge is 2.25. The number of thiol groups is 1. The standard InChI is InChI=1S/C24H26N6O3S3/c1-16-5-3-7-19(13-16)36(32,33)30(34)21-8-4-6-18-14-20(25-23(18)21)24-27-26-22(35-24)15-28-9-11-29(12-10-28)17(2)31/h3-8,13-14,25,34H,9-12,15H2,1-2H3. The molecule has 12 heteroatoms. The lowest BCUT2D eigenvalue weighted by atomic mass is 10.2. The van der Waals surface area contributed by atoms with Crippen LogP contribution in [-0.2, 0) is 21.4 Å². The maximum absolute atomic E-state index is 13.2. The van der Waals surface area contributed by atoms with Crippen LogP contribution in [0.15, 0.2) is 53.4 Å². The number of nitrogens with one attached hydrogen (secondary N) is 1. The van der Waals surface area contributed by atoms with Crippen molar-refractivity contribution in [3.8, 4) is 10.7 Å². The van der Waals surface area contributed by atoms with E-state index in [-0.39, 0.29) is 10.8 Å². The normalized spacial score (nSPS) is 14.9. The summed E-state index contributed by atoms with van der Waals surface area (Å²) >= 11 is 5.88. The fourth-order valence-corrected chi connectivity index (χ4v) is 6.76. The number of piperazine rings is 1. The van der Waals surface area contributed by atoms with Gasteiger partial charge in [-0.3, -0.25) is 9.69 Å². The fraction of sp³-hybridized carbons (Fsp3) is 0.292. The van der Waals surface area contributed by atoms with Crippen LogP contribution in [0, 0.1) is 6.92 Å². The van der Waals surface area contributed by atoms with Crippen LogP contribution in [0.5, 0.6) is 0 Å². The summed E-state index contributed by atoms with van der Waals surface area (Å²) < 4.78 is 27.5. The van der Waals surface area contributed by atoms with E-state index in [0.29, 0.717) is 17.7 Å². The number of H-pyrrole nitrogens is 1. The van der Waals surface area contributed by atoms with Crippen LogP contribution in [0.3, 0.4) is 0 Å². The van der Waals surface area contributed by atoms with Crippen LogP contribution in [-0.4, -0.2) is 65.5 Å². The lowest BCUT2D eigenvalue weighted by molar-refractivity contribution is -0.130. The third-order valence-electron chi connectivity index (χ3n) is 6.23. The Kier molecular flexibility index (Phi) is 6.77. The van der Waals surface area contributed by atoms with Crippen molar-refractivity contribution in [3.63, 3.8) is 0 Å². The Morgan fingerprint density at radius 2 is 1.86 bits per heavy atom. The number of para-hydroxylation sites is 1. The molecule has 0 bridgehead atoms. The molecule has 2 aromatic carbocycles. The van der Waals surface area contributed by atoms with Crippen molar-refractivity contribution < 1.29 is 13.2 Å². The number of aryl methyl sites for hydroxylation is 1. The van der Waals surface area contributed by atoms with Crippen LogP contribution >= 0.6 is 24.2 Å². The number of carbonyl (C=O) groups is 1. The smallest absolute Gasteiger partial charge is 0.273 e. The summed E-state index contributed by atoms with van der Waals surface area (Å²) in [7, 11) is -3.86. The van der Waals surface area contributed by atoms with E-state index in [1.807, 2.05) is 30.0 Å². The second kappa shape index (κ2) is 9.85. The first-order valence-corrected chi connectivity index (χ1v) is 14.1. The number of fused-ring (bicyclic) bond motifs is 1. The van der Waals surface area contributed by atoms with Gasteiger partial charge in [0.05, 0.1) is 28.3 Å². The monoisotopic (exact) mass is 542 g/mol. The number of hydrogen-bond donors (Lipinski definition) is 2. The van der Waals surface area contributed by atoms with Gasteiger partial charge < -0.3 is 9.88 Å². The Balaban J connectivity index is 1.38. The van der Waals surface area contributed by atoms with Crippen LogP contribution in [0.25, 0.3) is 21.6 Å². The van der Waals surface area contributed by atoms with Crippen LogP contribution in [0.4, 0.5) is 5.69 Å². The minimum Gasteiger partial charge on any atom is -0.351 e. The Labute approximate surface area is 219 Å². The highest BCUT2D eigenvalue weighted by molar-refractivity contribution is 8.06. The van der Waals surface area contributed by atoms with E-state index < -0.39 is 10.0 Å². The molecule has 0 spiro atoms. The Morgan fingerprint density at radius 1 is 1.11 bits per heavy atom. The van der Waals surface area contributed by atoms with Crippen molar-refractivity contribution in [3.05, 3.63) is 59.1 Å². The van der Waals surface area contributed by atoms with E-state index in [0.717, 1.165) is 56.5 Å². The maximum Gasteiger partial charge on any atom is 0.273 e. The van der Waals surface area contributed by atoms with Crippen molar-refractivity contribution in [2.75, 3.05) is 29.9 Å². The summed E-state index contributed by atoms with van der Waals surface area (Å²) in [4.78, 5) is 19.2. The van der Waals surface area contributed by atoms with Gasteiger partial charge in [-0.25, -0.2) is 12.1 Å². The number of nitrogens with zero attached hydrogens (tertiary/aromatic N) is 5. The summed E-state index contributed by atoms with van der Waals surface area (Å²) in [6.45, 7) is 7.17. The van der Waals surface area contributed by atoms with E-state index in [4.69, 9.17) is 0 Å². The van der Waals surface area contributed by atoms with Gasteiger partial charge in [0.15, 0.2) is 5.01 Å². The van der Waals surface area contributed by atoms with Crippen LogP contribution in [0.1, 0.15) is 17.5 Å². The number of rotatable bonds is 6. The molecule has 0 aliphatic carbocycles. The number of carbonyl (C=O) groups excluding carboxylic acids is 1. The minimum absolute atomic E-state index is 0.109. The van der Waals surface area contributed by atoms with Gasteiger partial charge in [0.2, 0.25) is 5.91 Å². The number of sulfonamides is 1.